The molecule has 0 spiro atoms. The maximum Gasteiger partial charge on any atom is 0.305 e. The smallest absolute Gasteiger partial charge is 0.305 e. The molecule has 0 aliphatic heterocycles. The van der Waals surface area contributed by atoms with Crippen LogP contribution in [0, 0.1) is 0 Å². The van der Waals surface area contributed by atoms with Gasteiger partial charge in [-0.05, 0) is 57.8 Å². The topological polar surface area (TPSA) is 95.9 Å². The van der Waals surface area contributed by atoms with Gasteiger partial charge in [-0.15, -0.1) is 0 Å². The molecule has 6 nitrogen and oxygen atoms in total. The van der Waals surface area contributed by atoms with Crippen molar-refractivity contribution < 1.29 is 24.5 Å². The van der Waals surface area contributed by atoms with Crippen molar-refractivity contribution in [3.05, 3.63) is 24.3 Å². The summed E-state index contributed by atoms with van der Waals surface area (Å²) in [5.74, 6) is -0.0550. The summed E-state index contributed by atoms with van der Waals surface area (Å²) in [6.45, 7) is 4.90. The Balaban J connectivity index is 3.37. The van der Waals surface area contributed by atoms with Gasteiger partial charge in [0.2, 0.25) is 5.91 Å². The van der Waals surface area contributed by atoms with Gasteiger partial charge in [-0.25, -0.2) is 0 Å². The molecule has 426 valence electrons. The molecule has 0 aromatic rings. The average Bonchev–Trinajstić information content (AvgIpc) is 3.38. The molecule has 3 N–H and O–H groups in total. The second-order valence-corrected chi connectivity index (χ2v) is 22.5. The van der Waals surface area contributed by atoms with Crippen molar-refractivity contribution >= 4 is 11.9 Å². The fourth-order valence-corrected chi connectivity index (χ4v) is 10.2. The van der Waals surface area contributed by atoms with E-state index in [1.54, 1.807) is 6.08 Å². The second-order valence-electron chi connectivity index (χ2n) is 22.5. The van der Waals surface area contributed by atoms with Crippen LogP contribution in [0.2, 0.25) is 0 Å². The van der Waals surface area contributed by atoms with Crippen molar-refractivity contribution in [3.63, 3.8) is 0 Å². The van der Waals surface area contributed by atoms with E-state index >= 15 is 0 Å². The normalized spacial score (nSPS) is 12.7. The Labute approximate surface area is 450 Å². The molecule has 0 aromatic carbocycles. The third-order valence-corrected chi connectivity index (χ3v) is 15.2. The molecule has 6 heteroatoms. The Hall–Kier alpha value is -1.66. The summed E-state index contributed by atoms with van der Waals surface area (Å²) in [5, 5.41) is 23.2. The number of rotatable bonds is 61. The van der Waals surface area contributed by atoms with Gasteiger partial charge in [-0.3, -0.25) is 9.59 Å². The largest absolute Gasteiger partial charge is 0.466 e. The van der Waals surface area contributed by atoms with Gasteiger partial charge in [0.25, 0.3) is 0 Å². The number of carbonyl (C=O) groups excluding carboxylic acids is 2. The van der Waals surface area contributed by atoms with Crippen LogP contribution in [0.25, 0.3) is 0 Å². The fraction of sp³-hybridized carbons (Fsp3) is 0.909. The van der Waals surface area contributed by atoms with Crippen molar-refractivity contribution in [2.45, 2.75) is 373 Å². The highest BCUT2D eigenvalue weighted by molar-refractivity contribution is 5.76. The van der Waals surface area contributed by atoms with E-state index in [4.69, 9.17) is 4.74 Å². The van der Waals surface area contributed by atoms with Crippen LogP contribution in [0.3, 0.4) is 0 Å². The number of esters is 1. The van der Waals surface area contributed by atoms with Crippen LogP contribution in [0.1, 0.15) is 361 Å². The lowest BCUT2D eigenvalue weighted by atomic mass is 10.0. The van der Waals surface area contributed by atoms with Crippen LogP contribution in [0.4, 0.5) is 0 Å². The van der Waals surface area contributed by atoms with E-state index in [0.717, 1.165) is 44.9 Å². The second kappa shape index (κ2) is 61.9. The molecular weight excluding hydrogens is 887 g/mol. The Bertz CT molecular complexity index is 1120. The zero-order valence-corrected chi connectivity index (χ0v) is 48.7. The number of allylic oxidation sites excluding steroid dienone is 3. The molecule has 0 saturated carbocycles. The van der Waals surface area contributed by atoms with E-state index in [0.29, 0.717) is 19.4 Å². The molecule has 72 heavy (non-hydrogen) atoms. The Kier molecular flexibility index (Phi) is 60.5. The van der Waals surface area contributed by atoms with E-state index in [1.165, 1.54) is 289 Å². The van der Waals surface area contributed by atoms with Crippen LogP contribution >= 0.6 is 0 Å². The summed E-state index contributed by atoms with van der Waals surface area (Å²) in [6.07, 6.45) is 76.6. The van der Waals surface area contributed by atoms with E-state index in [1.807, 2.05) is 6.08 Å². The monoisotopic (exact) mass is 1010 g/mol. The van der Waals surface area contributed by atoms with Gasteiger partial charge in [-0.1, -0.05) is 314 Å². The molecule has 0 fully saturated rings. The van der Waals surface area contributed by atoms with Gasteiger partial charge >= 0.3 is 5.97 Å². The minimum atomic E-state index is -0.842. The summed E-state index contributed by atoms with van der Waals surface area (Å²) < 4.78 is 5.47. The predicted molar refractivity (Wildman–Crippen MR) is 315 cm³/mol. The van der Waals surface area contributed by atoms with Gasteiger partial charge in [0, 0.05) is 12.8 Å². The van der Waals surface area contributed by atoms with Crippen LogP contribution in [-0.2, 0) is 14.3 Å². The summed E-state index contributed by atoms with van der Waals surface area (Å²) in [4.78, 5) is 24.5. The highest BCUT2D eigenvalue weighted by Gasteiger charge is 2.18. The lowest BCUT2D eigenvalue weighted by Crippen LogP contribution is -2.45. The molecule has 0 heterocycles. The number of ether oxygens (including phenoxy) is 1. The number of amides is 1. The number of hydrogen-bond donors (Lipinski definition) is 3. The van der Waals surface area contributed by atoms with Crippen LogP contribution in [0.15, 0.2) is 24.3 Å². The maximum atomic E-state index is 12.5. The molecule has 0 rings (SSSR count). The summed E-state index contributed by atoms with van der Waals surface area (Å²) in [5.41, 5.74) is 0. The van der Waals surface area contributed by atoms with E-state index in [-0.39, 0.29) is 18.5 Å². The van der Waals surface area contributed by atoms with Crippen molar-refractivity contribution in [3.8, 4) is 0 Å². The van der Waals surface area contributed by atoms with Gasteiger partial charge < -0.3 is 20.3 Å². The summed E-state index contributed by atoms with van der Waals surface area (Å²) in [7, 11) is 0. The van der Waals surface area contributed by atoms with Crippen molar-refractivity contribution in [1.29, 1.82) is 0 Å². The number of unbranched alkanes of at least 4 members (excludes halogenated alkanes) is 48. The van der Waals surface area contributed by atoms with Crippen LogP contribution in [0.5, 0.6) is 0 Å². The SMILES string of the molecule is CCCCC/C=C\CCCCCCCC(=O)OCCCCCCCCCCCCCCCCCCCCCCCCCCCCCC(=O)NC(CO)C(O)/C=C/CCCCCCCCCCCCCCCC. The molecule has 0 aliphatic rings. The highest BCUT2D eigenvalue weighted by atomic mass is 16.5. The number of carbonyl (C=O) groups is 2. The minimum Gasteiger partial charge on any atom is -0.466 e. The molecule has 0 radical (unpaired) electrons. The van der Waals surface area contributed by atoms with Crippen molar-refractivity contribution in [2.75, 3.05) is 13.2 Å². The maximum absolute atomic E-state index is 12.5. The van der Waals surface area contributed by atoms with Gasteiger partial charge in [-0.2, -0.15) is 0 Å². The quantitative estimate of drug-likeness (QED) is 0.0320. The highest BCUT2D eigenvalue weighted by Crippen LogP contribution is 2.18. The number of aliphatic hydroxyl groups is 2. The fourth-order valence-electron chi connectivity index (χ4n) is 10.2. The first-order valence-electron chi connectivity index (χ1n) is 32.6. The molecule has 0 aliphatic carbocycles. The molecule has 0 aromatic heterocycles. The van der Waals surface area contributed by atoms with Gasteiger partial charge in [0.05, 0.1) is 25.4 Å². The predicted octanol–water partition coefficient (Wildman–Crippen LogP) is 20.6. The minimum absolute atomic E-state index is 0.00787. The van der Waals surface area contributed by atoms with Crippen molar-refractivity contribution in [2.24, 2.45) is 0 Å². The van der Waals surface area contributed by atoms with Gasteiger partial charge in [0.15, 0.2) is 0 Å². The summed E-state index contributed by atoms with van der Waals surface area (Å²) >= 11 is 0. The number of nitrogens with one attached hydrogen (secondary N) is 1. The molecule has 0 saturated heterocycles. The molecular formula is C66H127NO5. The van der Waals surface area contributed by atoms with Gasteiger partial charge in [0.1, 0.15) is 0 Å². The number of hydrogen-bond acceptors (Lipinski definition) is 5. The first-order valence-corrected chi connectivity index (χ1v) is 32.6. The molecule has 2 unspecified atom stereocenters. The molecule has 1 amide bonds. The van der Waals surface area contributed by atoms with Crippen molar-refractivity contribution in [1.82, 2.24) is 5.32 Å². The molecule has 0 bridgehead atoms. The molecule has 2 atom stereocenters. The summed E-state index contributed by atoms with van der Waals surface area (Å²) in [6, 6.07) is -0.625. The Morgan fingerprint density at radius 1 is 0.375 bits per heavy atom. The zero-order valence-electron chi connectivity index (χ0n) is 48.7. The Morgan fingerprint density at radius 2 is 0.653 bits per heavy atom. The first kappa shape index (κ1) is 70.3. The first-order chi connectivity index (χ1) is 35.5. The lowest BCUT2D eigenvalue weighted by Gasteiger charge is -2.20. The van der Waals surface area contributed by atoms with E-state index in [2.05, 4.69) is 31.3 Å². The van der Waals surface area contributed by atoms with Crippen LogP contribution in [-0.4, -0.2) is 47.4 Å². The lowest BCUT2D eigenvalue weighted by molar-refractivity contribution is -0.143. The zero-order chi connectivity index (χ0) is 52.2. The standard InChI is InChI=1S/C66H127NO5/c1-3-5-7-9-11-13-15-17-18-32-35-38-42-46-50-54-58-64(69)63(62-68)67-65(70)59-55-51-47-43-39-36-33-30-28-26-24-22-20-19-21-23-25-27-29-31-34-37-41-45-49-53-57-61-72-66(71)60-56-52-48-44-40-16-14-12-10-8-6-4-2/h12,14,54,58,63-64,68-69H,3-11,13,15-53,55-57,59-62H2,1-2H3,(H,67,70)/b14-12-,58-54+. The number of aliphatic hydroxyl groups excluding tert-OH is 2. The van der Waals surface area contributed by atoms with E-state index in [9.17, 15) is 19.8 Å². The third kappa shape index (κ3) is 57.6. The Morgan fingerprint density at radius 3 is 1.01 bits per heavy atom. The van der Waals surface area contributed by atoms with Crippen LogP contribution < -0.4 is 5.32 Å². The average molecular weight is 1010 g/mol. The van der Waals surface area contributed by atoms with E-state index < -0.39 is 12.1 Å². The third-order valence-electron chi connectivity index (χ3n) is 15.2.